The normalized spacial score (nSPS) is 11.3. The number of para-hydroxylation sites is 1. The Morgan fingerprint density at radius 1 is 0.720 bits per heavy atom. The van der Waals surface area contributed by atoms with Crippen LogP contribution >= 0.6 is 0 Å². The van der Waals surface area contributed by atoms with Crippen LogP contribution in [0.15, 0.2) is 71.6 Å². The van der Waals surface area contributed by atoms with Crippen molar-refractivity contribution < 1.29 is 8.42 Å². The highest BCUT2D eigenvalue weighted by Crippen LogP contribution is 2.30. The van der Waals surface area contributed by atoms with Gasteiger partial charge in [0.25, 0.3) is 10.0 Å². The van der Waals surface area contributed by atoms with Crippen LogP contribution in [0.3, 0.4) is 0 Å². The third kappa shape index (κ3) is 3.59. The van der Waals surface area contributed by atoms with E-state index in [0.717, 1.165) is 27.8 Å². The second kappa shape index (κ2) is 6.73. The molecule has 0 saturated heterocycles. The highest BCUT2D eigenvalue weighted by molar-refractivity contribution is 7.92. The fraction of sp³-hybridized carbons (Fsp3) is 0.143. The lowest BCUT2D eigenvalue weighted by Gasteiger charge is -2.15. The molecule has 128 valence electrons. The Kier molecular flexibility index (Phi) is 4.64. The predicted molar refractivity (Wildman–Crippen MR) is 103 cm³/mol. The maximum Gasteiger partial charge on any atom is 0.262 e. The van der Waals surface area contributed by atoms with Gasteiger partial charge in [0.2, 0.25) is 0 Å². The van der Waals surface area contributed by atoms with Crippen molar-refractivity contribution >= 4 is 15.7 Å². The van der Waals surface area contributed by atoms with Crippen LogP contribution in [-0.4, -0.2) is 8.42 Å². The topological polar surface area (TPSA) is 46.2 Å². The van der Waals surface area contributed by atoms with E-state index in [2.05, 4.69) is 4.72 Å². The van der Waals surface area contributed by atoms with Gasteiger partial charge >= 0.3 is 0 Å². The van der Waals surface area contributed by atoms with Gasteiger partial charge in [-0.3, -0.25) is 4.72 Å². The zero-order valence-electron chi connectivity index (χ0n) is 14.6. The number of anilines is 1. The SMILES string of the molecule is Cc1cc(C)c(S(=O)(=O)Nc2ccccc2-c2ccccc2)cc1C. The van der Waals surface area contributed by atoms with E-state index >= 15 is 0 Å². The number of hydrogen-bond donors (Lipinski definition) is 1. The predicted octanol–water partition coefficient (Wildman–Crippen LogP) is 5.08. The summed E-state index contributed by atoms with van der Waals surface area (Å²) in [6.45, 7) is 5.73. The molecule has 0 unspecified atom stereocenters. The first kappa shape index (κ1) is 17.2. The Labute approximate surface area is 149 Å². The van der Waals surface area contributed by atoms with Gasteiger partial charge in [0.05, 0.1) is 10.6 Å². The minimum absolute atomic E-state index is 0.318. The molecule has 0 bridgehead atoms. The summed E-state index contributed by atoms with van der Waals surface area (Å²) in [6, 6.07) is 20.8. The van der Waals surface area contributed by atoms with Gasteiger partial charge in [-0.05, 0) is 55.2 Å². The van der Waals surface area contributed by atoms with E-state index < -0.39 is 10.0 Å². The third-order valence-electron chi connectivity index (χ3n) is 4.34. The van der Waals surface area contributed by atoms with Crippen LogP contribution in [0.25, 0.3) is 11.1 Å². The van der Waals surface area contributed by atoms with Crippen LogP contribution in [-0.2, 0) is 10.0 Å². The molecule has 4 heteroatoms. The molecule has 3 aromatic carbocycles. The molecule has 0 aliphatic rings. The van der Waals surface area contributed by atoms with Crippen molar-refractivity contribution in [3.05, 3.63) is 83.4 Å². The van der Waals surface area contributed by atoms with Gasteiger partial charge in [-0.2, -0.15) is 0 Å². The Hall–Kier alpha value is -2.59. The Morgan fingerprint density at radius 2 is 1.32 bits per heavy atom. The van der Waals surface area contributed by atoms with Crippen molar-refractivity contribution in [2.24, 2.45) is 0 Å². The van der Waals surface area contributed by atoms with E-state index in [1.807, 2.05) is 75.4 Å². The summed E-state index contributed by atoms with van der Waals surface area (Å²) >= 11 is 0. The van der Waals surface area contributed by atoms with E-state index in [1.165, 1.54) is 0 Å². The standard InChI is InChI=1S/C21H21NO2S/c1-15-13-17(3)21(14-16(15)2)25(23,24)22-20-12-8-7-11-19(20)18-9-5-4-6-10-18/h4-14,22H,1-3H3. The van der Waals surface area contributed by atoms with Crippen LogP contribution in [0, 0.1) is 20.8 Å². The van der Waals surface area contributed by atoms with Gasteiger partial charge in [-0.1, -0.05) is 54.6 Å². The number of aryl methyl sites for hydroxylation is 3. The van der Waals surface area contributed by atoms with Crippen LogP contribution < -0.4 is 4.72 Å². The molecule has 1 N–H and O–H groups in total. The summed E-state index contributed by atoms with van der Waals surface area (Å²) in [4.78, 5) is 0.318. The van der Waals surface area contributed by atoms with Gasteiger partial charge in [-0.15, -0.1) is 0 Å². The molecular formula is C21H21NO2S. The van der Waals surface area contributed by atoms with E-state index in [4.69, 9.17) is 0 Å². The second-order valence-electron chi connectivity index (χ2n) is 6.22. The Bertz CT molecular complexity index is 1010. The molecular weight excluding hydrogens is 330 g/mol. The lowest BCUT2D eigenvalue weighted by atomic mass is 10.0. The maximum atomic E-state index is 13.0. The molecule has 25 heavy (non-hydrogen) atoms. The summed E-state index contributed by atoms with van der Waals surface area (Å²) in [5.41, 5.74) is 5.19. The van der Waals surface area contributed by atoms with Crippen molar-refractivity contribution in [3.8, 4) is 11.1 Å². The number of nitrogens with one attached hydrogen (secondary N) is 1. The average Bonchev–Trinajstić information content (AvgIpc) is 2.59. The quantitative estimate of drug-likeness (QED) is 0.712. The van der Waals surface area contributed by atoms with Gasteiger partial charge in [-0.25, -0.2) is 8.42 Å². The molecule has 0 aromatic heterocycles. The molecule has 0 radical (unpaired) electrons. The lowest BCUT2D eigenvalue weighted by Crippen LogP contribution is -2.15. The molecule has 0 fully saturated rings. The number of hydrogen-bond acceptors (Lipinski definition) is 2. The van der Waals surface area contributed by atoms with Crippen molar-refractivity contribution in [1.29, 1.82) is 0 Å². The molecule has 0 heterocycles. The average molecular weight is 351 g/mol. The van der Waals surface area contributed by atoms with E-state index in [9.17, 15) is 8.42 Å². The van der Waals surface area contributed by atoms with Crippen molar-refractivity contribution in [2.75, 3.05) is 4.72 Å². The highest BCUT2D eigenvalue weighted by Gasteiger charge is 2.19. The summed E-state index contributed by atoms with van der Waals surface area (Å²) in [6.07, 6.45) is 0. The smallest absolute Gasteiger partial charge is 0.262 e. The van der Waals surface area contributed by atoms with E-state index in [0.29, 0.717) is 10.6 Å². The van der Waals surface area contributed by atoms with E-state index in [1.54, 1.807) is 12.1 Å². The first-order valence-electron chi connectivity index (χ1n) is 8.13. The molecule has 0 aliphatic heterocycles. The van der Waals surface area contributed by atoms with Crippen molar-refractivity contribution in [2.45, 2.75) is 25.7 Å². The van der Waals surface area contributed by atoms with Gasteiger partial charge in [0.1, 0.15) is 0 Å². The Balaban J connectivity index is 2.05. The fourth-order valence-corrected chi connectivity index (χ4v) is 4.26. The monoisotopic (exact) mass is 351 g/mol. The number of rotatable bonds is 4. The largest absolute Gasteiger partial charge is 0.279 e. The lowest BCUT2D eigenvalue weighted by molar-refractivity contribution is 0.600. The molecule has 0 amide bonds. The molecule has 0 aliphatic carbocycles. The molecule has 3 nitrogen and oxygen atoms in total. The zero-order valence-corrected chi connectivity index (χ0v) is 15.4. The summed E-state index contributed by atoms with van der Waals surface area (Å²) in [5, 5.41) is 0. The summed E-state index contributed by atoms with van der Waals surface area (Å²) < 4.78 is 28.7. The van der Waals surface area contributed by atoms with Crippen molar-refractivity contribution in [3.63, 3.8) is 0 Å². The van der Waals surface area contributed by atoms with Crippen LogP contribution in [0.1, 0.15) is 16.7 Å². The molecule has 0 saturated carbocycles. The minimum atomic E-state index is -3.66. The maximum absolute atomic E-state index is 13.0. The molecule has 3 aromatic rings. The highest BCUT2D eigenvalue weighted by atomic mass is 32.2. The first-order valence-corrected chi connectivity index (χ1v) is 9.62. The molecule has 3 rings (SSSR count). The van der Waals surface area contributed by atoms with Crippen LogP contribution in [0.2, 0.25) is 0 Å². The minimum Gasteiger partial charge on any atom is -0.279 e. The summed E-state index contributed by atoms with van der Waals surface area (Å²) in [5.74, 6) is 0. The van der Waals surface area contributed by atoms with Gasteiger partial charge in [0.15, 0.2) is 0 Å². The van der Waals surface area contributed by atoms with Crippen LogP contribution in [0.5, 0.6) is 0 Å². The van der Waals surface area contributed by atoms with E-state index in [-0.39, 0.29) is 0 Å². The number of sulfonamides is 1. The third-order valence-corrected chi connectivity index (χ3v) is 5.84. The number of benzene rings is 3. The fourth-order valence-electron chi connectivity index (χ4n) is 2.86. The second-order valence-corrected chi connectivity index (χ2v) is 7.87. The van der Waals surface area contributed by atoms with Crippen LogP contribution in [0.4, 0.5) is 5.69 Å². The first-order chi connectivity index (χ1) is 11.9. The summed E-state index contributed by atoms with van der Waals surface area (Å²) in [7, 11) is -3.66. The van der Waals surface area contributed by atoms with Gasteiger partial charge in [0, 0.05) is 5.56 Å². The Morgan fingerprint density at radius 3 is 2.04 bits per heavy atom. The zero-order chi connectivity index (χ0) is 18.0. The van der Waals surface area contributed by atoms with Gasteiger partial charge < -0.3 is 0 Å². The molecule has 0 spiro atoms. The van der Waals surface area contributed by atoms with Crippen molar-refractivity contribution in [1.82, 2.24) is 0 Å². The molecule has 0 atom stereocenters.